The van der Waals surface area contributed by atoms with Crippen molar-refractivity contribution in [1.82, 2.24) is 5.01 Å². The van der Waals surface area contributed by atoms with Crippen LogP contribution in [0.1, 0.15) is 27.5 Å². The summed E-state index contributed by atoms with van der Waals surface area (Å²) in [5, 5.41) is 5.91. The van der Waals surface area contributed by atoms with E-state index in [0.29, 0.717) is 5.56 Å². The molecule has 0 aliphatic carbocycles. The first-order valence-electron chi connectivity index (χ1n) is 8.99. The lowest BCUT2D eigenvalue weighted by Gasteiger charge is -2.32. The molecular weight excluding hydrogens is 372 g/mol. The van der Waals surface area contributed by atoms with Gasteiger partial charge in [-0.05, 0) is 5.56 Å². The highest BCUT2D eigenvalue weighted by Crippen LogP contribution is 2.45. The van der Waals surface area contributed by atoms with Gasteiger partial charge in [-0.1, -0.05) is 54.6 Å². The molecule has 2 atom stereocenters. The summed E-state index contributed by atoms with van der Waals surface area (Å²) in [6.45, 7) is 0. The number of hydrazone groups is 1. The number of methoxy groups -OCH3 is 2. The molecule has 0 radical (unpaired) electrons. The number of hydrogen-bond acceptors (Lipinski definition) is 7. The summed E-state index contributed by atoms with van der Waals surface area (Å²) < 4.78 is 9.90. The molecule has 146 valence electrons. The highest BCUT2D eigenvalue weighted by Gasteiger charge is 2.52. The Bertz CT molecular complexity index is 1060. The largest absolute Gasteiger partial charge is 0.466 e. The molecule has 0 saturated heterocycles. The standard InChI is InChI=1S/C22H18N2O5/c1-28-21(26)16-17(22(27)29-2)19(20(25)13-8-4-3-5-9-13)24-18(16)15-11-7-6-10-14(15)12-23-24/h3-12,18-19H,1-2H3/t18-,19-/m0/s1. The molecule has 0 fully saturated rings. The topological polar surface area (TPSA) is 85.3 Å². The molecule has 7 nitrogen and oxygen atoms in total. The van der Waals surface area contributed by atoms with Gasteiger partial charge in [-0.15, -0.1) is 0 Å². The zero-order chi connectivity index (χ0) is 20.5. The molecule has 2 aliphatic heterocycles. The second kappa shape index (κ2) is 7.35. The summed E-state index contributed by atoms with van der Waals surface area (Å²) in [4.78, 5) is 38.9. The number of ether oxygens (including phenoxy) is 2. The van der Waals surface area contributed by atoms with Crippen molar-refractivity contribution in [2.75, 3.05) is 14.2 Å². The molecule has 4 rings (SSSR count). The van der Waals surface area contributed by atoms with Crippen LogP contribution in [0.2, 0.25) is 0 Å². The van der Waals surface area contributed by atoms with Crippen molar-refractivity contribution in [2.45, 2.75) is 12.1 Å². The maximum absolute atomic E-state index is 13.4. The van der Waals surface area contributed by atoms with E-state index >= 15 is 0 Å². The van der Waals surface area contributed by atoms with Crippen LogP contribution in [-0.2, 0) is 19.1 Å². The SMILES string of the molecule is COC(=O)C1=C(C(=O)OC)[C@@H]2c3ccccc3C=NN2[C@@H]1C(=O)c1ccccc1. The number of Topliss-reactive ketones (excluding diaryl/α,β-unsaturated/α-hetero) is 1. The lowest BCUT2D eigenvalue weighted by molar-refractivity contribution is -0.139. The van der Waals surface area contributed by atoms with Crippen LogP contribution in [0.4, 0.5) is 0 Å². The van der Waals surface area contributed by atoms with Gasteiger partial charge in [0.1, 0.15) is 12.1 Å². The highest BCUT2D eigenvalue weighted by molar-refractivity contribution is 6.13. The molecule has 2 aliphatic rings. The molecule has 0 unspecified atom stereocenters. The quantitative estimate of drug-likeness (QED) is 0.588. The van der Waals surface area contributed by atoms with Gasteiger partial charge in [0.15, 0.2) is 5.78 Å². The number of fused-ring (bicyclic) bond motifs is 3. The fraction of sp³-hybridized carbons (Fsp3) is 0.182. The summed E-state index contributed by atoms with van der Waals surface area (Å²) in [6, 6.07) is 14.1. The van der Waals surface area contributed by atoms with E-state index in [1.807, 2.05) is 24.3 Å². The third kappa shape index (κ3) is 2.91. The molecule has 0 aromatic heterocycles. The zero-order valence-corrected chi connectivity index (χ0v) is 15.9. The molecule has 2 heterocycles. The number of carbonyl (C=O) groups is 3. The summed E-state index contributed by atoms with van der Waals surface area (Å²) >= 11 is 0. The van der Waals surface area contributed by atoms with Crippen molar-refractivity contribution in [3.63, 3.8) is 0 Å². The van der Waals surface area contributed by atoms with Crippen LogP contribution in [0.15, 0.2) is 70.8 Å². The van der Waals surface area contributed by atoms with Crippen LogP contribution in [0.3, 0.4) is 0 Å². The monoisotopic (exact) mass is 390 g/mol. The number of carbonyl (C=O) groups excluding carboxylic acids is 3. The highest BCUT2D eigenvalue weighted by atomic mass is 16.5. The Morgan fingerprint density at radius 1 is 0.862 bits per heavy atom. The van der Waals surface area contributed by atoms with Crippen molar-refractivity contribution < 1.29 is 23.9 Å². The van der Waals surface area contributed by atoms with Gasteiger partial charge in [-0.25, -0.2) is 9.59 Å². The van der Waals surface area contributed by atoms with E-state index in [4.69, 9.17) is 9.47 Å². The first kappa shape index (κ1) is 18.6. The summed E-state index contributed by atoms with van der Waals surface area (Å²) in [5.41, 5.74) is 1.97. The van der Waals surface area contributed by atoms with Gasteiger partial charge >= 0.3 is 11.9 Å². The maximum Gasteiger partial charge on any atom is 0.337 e. The molecule has 0 saturated carbocycles. The molecule has 29 heavy (non-hydrogen) atoms. The Hall–Kier alpha value is -3.74. The minimum atomic E-state index is -1.10. The van der Waals surface area contributed by atoms with E-state index in [-0.39, 0.29) is 16.9 Å². The van der Waals surface area contributed by atoms with Crippen LogP contribution < -0.4 is 0 Å². The number of benzene rings is 2. The van der Waals surface area contributed by atoms with E-state index in [0.717, 1.165) is 11.1 Å². The predicted octanol–water partition coefficient (Wildman–Crippen LogP) is 2.28. The molecule has 0 N–H and O–H groups in total. The molecule has 0 spiro atoms. The number of nitrogens with zero attached hydrogens (tertiary/aromatic N) is 2. The third-order valence-corrected chi connectivity index (χ3v) is 5.10. The van der Waals surface area contributed by atoms with Crippen molar-refractivity contribution in [1.29, 1.82) is 0 Å². The minimum Gasteiger partial charge on any atom is -0.466 e. The summed E-state index contributed by atoms with van der Waals surface area (Å²) in [6.07, 6.45) is 1.62. The van der Waals surface area contributed by atoms with Gasteiger partial charge in [0.05, 0.1) is 31.6 Å². The van der Waals surface area contributed by atoms with E-state index in [1.54, 1.807) is 36.5 Å². The Labute approximate surface area is 167 Å². The van der Waals surface area contributed by atoms with Gasteiger partial charge in [0, 0.05) is 11.1 Å². The fourth-order valence-electron chi connectivity index (χ4n) is 3.82. The minimum absolute atomic E-state index is 0.0490. The molecule has 7 heteroatoms. The van der Waals surface area contributed by atoms with E-state index < -0.39 is 24.0 Å². The Morgan fingerprint density at radius 2 is 1.48 bits per heavy atom. The van der Waals surface area contributed by atoms with Crippen molar-refractivity contribution in [3.05, 3.63) is 82.4 Å². The van der Waals surface area contributed by atoms with Gasteiger partial charge < -0.3 is 9.47 Å². The maximum atomic E-state index is 13.4. The van der Waals surface area contributed by atoms with Crippen LogP contribution in [0.25, 0.3) is 0 Å². The number of rotatable bonds is 4. The second-order valence-electron chi connectivity index (χ2n) is 6.60. The lowest BCUT2D eigenvalue weighted by atomic mass is 9.92. The second-order valence-corrected chi connectivity index (χ2v) is 6.60. The summed E-state index contributed by atoms with van der Waals surface area (Å²) in [7, 11) is 2.45. The fourth-order valence-corrected chi connectivity index (χ4v) is 3.82. The molecular formula is C22H18N2O5. The third-order valence-electron chi connectivity index (χ3n) is 5.10. The van der Waals surface area contributed by atoms with E-state index in [2.05, 4.69) is 5.10 Å². The van der Waals surface area contributed by atoms with Crippen LogP contribution in [0.5, 0.6) is 0 Å². The van der Waals surface area contributed by atoms with Crippen molar-refractivity contribution >= 4 is 23.9 Å². The Kier molecular flexibility index (Phi) is 4.72. The van der Waals surface area contributed by atoms with Gasteiger partial charge in [0.2, 0.25) is 0 Å². The number of hydrogen-bond donors (Lipinski definition) is 0. The average Bonchev–Trinajstić information content (AvgIpc) is 3.13. The van der Waals surface area contributed by atoms with Gasteiger partial charge in [-0.3, -0.25) is 9.80 Å². The summed E-state index contributed by atoms with van der Waals surface area (Å²) in [5.74, 6) is -1.82. The average molecular weight is 390 g/mol. The smallest absolute Gasteiger partial charge is 0.337 e. The number of esters is 2. The normalized spacial score (nSPS) is 19.4. The van der Waals surface area contributed by atoms with Gasteiger partial charge in [-0.2, -0.15) is 5.10 Å². The molecule has 0 amide bonds. The van der Waals surface area contributed by atoms with Crippen LogP contribution >= 0.6 is 0 Å². The van der Waals surface area contributed by atoms with Gasteiger partial charge in [0.25, 0.3) is 0 Å². The van der Waals surface area contributed by atoms with Crippen LogP contribution in [-0.4, -0.2) is 49.2 Å². The Balaban J connectivity index is 1.95. The van der Waals surface area contributed by atoms with Crippen LogP contribution in [0, 0.1) is 0 Å². The first-order valence-corrected chi connectivity index (χ1v) is 8.99. The zero-order valence-electron chi connectivity index (χ0n) is 15.9. The molecule has 0 bridgehead atoms. The van der Waals surface area contributed by atoms with E-state index in [1.165, 1.54) is 19.2 Å². The number of ketones is 1. The van der Waals surface area contributed by atoms with Crippen molar-refractivity contribution in [2.24, 2.45) is 5.10 Å². The predicted molar refractivity (Wildman–Crippen MR) is 104 cm³/mol. The first-order chi connectivity index (χ1) is 14.1. The van der Waals surface area contributed by atoms with Crippen molar-refractivity contribution in [3.8, 4) is 0 Å². The van der Waals surface area contributed by atoms with E-state index in [9.17, 15) is 14.4 Å². The molecule has 2 aromatic carbocycles. The molecule has 2 aromatic rings. The lowest BCUT2D eigenvalue weighted by Crippen LogP contribution is -2.40. The Morgan fingerprint density at radius 3 is 2.17 bits per heavy atom.